The Hall–Kier alpha value is -0.650. The summed E-state index contributed by atoms with van der Waals surface area (Å²) in [7, 11) is 0. The molecule has 2 aromatic rings. The fourth-order valence-corrected chi connectivity index (χ4v) is 2.67. The minimum atomic E-state index is 0.501. The van der Waals surface area contributed by atoms with Crippen LogP contribution in [-0.4, -0.2) is 9.78 Å². The first kappa shape index (κ1) is 9.89. The van der Waals surface area contributed by atoms with Gasteiger partial charge in [0.1, 0.15) is 0 Å². The van der Waals surface area contributed by atoms with E-state index in [1.54, 1.807) is 11.3 Å². The molecule has 0 unspecified atom stereocenters. The number of thiophene rings is 1. The van der Waals surface area contributed by atoms with Crippen LogP contribution in [0.5, 0.6) is 0 Å². The average Bonchev–Trinajstić information content (AvgIpc) is 2.76. The van der Waals surface area contributed by atoms with Crippen molar-refractivity contribution < 1.29 is 0 Å². The third-order valence-electron chi connectivity index (χ3n) is 1.85. The van der Waals surface area contributed by atoms with Crippen molar-refractivity contribution in [1.29, 1.82) is 0 Å². The average molecular weight is 272 g/mol. The van der Waals surface area contributed by atoms with Gasteiger partial charge in [-0.25, -0.2) is 0 Å². The van der Waals surface area contributed by atoms with Crippen molar-refractivity contribution in [2.45, 2.75) is 13.1 Å². The van der Waals surface area contributed by atoms with Crippen molar-refractivity contribution >= 4 is 27.3 Å². The van der Waals surface area contributed by atoms with Crippen LogP contribution in [0, 0.1) is 0 Å². The van der Waals surface area contributed by atoms with E-state index in [1.807, 2.05) is 23.0 Å². The van der Waals surface area contributed by atoms with Crippen molar-refractivity contribution in [2.24, 2.45) is 5.73 Å². The Morgan fingerprint density at radius 2 is 2.29 bits per heavy atom. The van der Waals surface area contributed by atoms with Crippen LogP contribution in [-0.2, 0) is 13.1 Å². The van der Waals surface area contributed by atoms with Crippen LogP contribution in [0.3, 0.4) is 0 Å². The maximum Gasteiger partial charge on any atom is 0.0760 e. The second kappa shape index (κ2) is 4.25. The van der Waals surface area contributed by atoms with E-state index in [2.05, 4.69) is 27.1 Å². The molecule has 0 amide bonds. The first-order valence-corrected chi connectivity index (χ1v) is 5.85. The van der Waals surface area contributed by atoms with Gasteiger partial charge in [-0.05, 0) is 34.1 Å². The topological polar surface area (TPSA) is 43.8 Å². The van der Waals surface area contributed by atoms with Crippen LogP contribution in [0.15, 0.2) is 28.2 Å². The van der Waals surface area contributed by atoms with Crippen LogP contribution in [0.2, 0.25) is 0 Å². The van der Waals surface area contributed by atoms with Crippen molar-refractivity contribution in [3.8, 4) is 0 Å². The minimum absolute atomic E-state index is 0.501. The van der Waals surface area contributed by atoms with Gasteiger partial charge in [0.05, 0.1) is 16.0 Å². The van der Waals surface area contributed by atoms with E-state index in [0.717, 1.165) is 16.0 Å². The van der Waals surface area contributed by atoms with Crippen LogP contribution >= 0.6 is 27.3 Å². The second-order valence-corrected chi connectivity index (χ2v) is 5.46. The number of aromatic nitrogens is 2. The summed E-state index contributed by atoms with van der Waals surface area (Å²) in [5, 5.41) is 4.32. The molecule has 5 heteroatoms. The fraction of sp³-hybridized carbons (Fsp3) is 0.222. The predicted molar refractivity (Wildman–Crippen MR) is 61.2 cm³/mol. The molecule has 0 aromatic carbocycles. The molecular formula is C9H10BrN3S. The Morgan fingerprint density at radius 3 is 2.86 bits per heavy atom. The van der Waals surface area contributed by atoms with Gasteiger partial charge in [0.25, 0.3) is 0 Å². The van der Waals surface area contributed by atoms with Gasteiger partial charge in [-0.15, -0.1) is 11.3 Å². The molecule has 0 aliphatic carbocycles. The Morgan fingerprint density at radius 1 is 1.43 bits per heavy atom. The molecule has 0 fully saturated rings. The highest BCUT2D eigenvalue weighted by atomic mass is 79.9. The van der Waals surface area contributed by atoms with E-state index in [-0.39, 0.29) is 0 Å². The van der Waals surface area contributed by atoms with Crippen LogP contribution in [0.1, 0.15) is 10.6 Å². The summed E-state index contributed by atoms with van der Waals surface area (Å²) in [6.07, 6.45) is 1.95. The first-order chi connectivity index (χ1) is 6.78. The van der Waals surface area contributed by atoms with Crippen molar-refractivity contribution in [3.05, 3.63) is 38.8 Å². The molecule has 0 saturated carbocycles. The van der Waals surface area contributed by atoms with Gasteiger partial charge in [-0.3, -0.25) is 4.68 Å². The van der Waals surface area contributed by atoms with Gasteiger partial charge < -0.3 is 5.73 Å². The van der Waals surface area contributed by atoms with Crippen LogP contribution in [0.4, 0.5) is 0 Å². The highest BCUT2D eigenvalue weighted by Crippen LogP contribution is 2.22. The van der Waals surface area contributed by atoms with E-state index in [0.29, 0.717) is 6.54 Å². The molecule has 0 aliphatic heterocycles. The SMILES string of the molecule is NCc1ccn(Cc2ccc(Br)s2)n1. The fourth-order valence-electron chi connectivity index (χ4n) is 1.20. The minimum Gasteiger partial charge on any atom is -0.325 e. The summed E-state index contributed by atoms with van der Waals surface area (Å²) in [4.78, 5) is 1.28. The normalized spacial score (nSPS) is 10.7. The number of nitrogens with two attached hydrogens (primary N) is 1. The van der Waals surface area contributed by atoms with Crippen molar-refractivity contribution in [2.75, 3.05) is 0 Å². The lowest BCUT2D eigenvalue weighted by molar-refractivity contribution is 0.679. The molecule has 2 heterocycles. The van der Waals surface area contributed by atoms with Gasteiger partial charge in [0.2, 0.25) is 0 Å². The second-order valence-electron chi connectivity index (χ2n) is 2.91. The molecule has 2 N–H and O–H groups in total. The van der Waals surface area contributed by atoms with Gasteiger partial charge in [-0.1, -0.05) is 0 Å². The lowest BCUT2D eigenvalue weighted by Gasteiger charge is -1.97. The maximum atomic E-state index is 5.48. The highest BCUT2D eigenvalue weighted by molar-refractivity contribution is 9.11. The van der Waals surface area contributed by atoms with E-state index in [9.17, 15) is 0 Å². The Kier molecular flexibility index (Phi) is 3.00. The van der Waals surface area contributed by atoms with E-state index < -0.39 is 0 Å². The highest BCUT2D eigenvalue weighted by Gasteiger charge is 2.00. The molecule has 14 heavy (non-hydrogen) atoms. The van der Waals surface area contributed by atoms with E-state index in [1.165, 1.54) is 4.88 Å². The molecule has 0 saturated heterocycles. The van der Waals surface area contributed by atoms with Gasteiger partial charge in [-0.2, -0.15) is 5.10 Å². The van der Waals surface area contributed by atoms with Crippen molar-refractivity contribution in [1.82, 2.24) is 9.78 Å². The third-order valence-corrected chi connectivity index (χ3v) is 3.46. The largest absolute Gasteiger partial charge is 0.325 e. The summed E-state index contributed by atoms with van der Waals surface area (Å²) < 4.78 is 3.05. The molecule has 0 spiro atoms. The summed E-state index contributed by atoms with van der Waals surface area (Å²) in [5.74, 6) is 0. The zero-order valence-corrected chi connectivity index (χ0v) is 9.88. The number of hydrogen-bond donors (Lipinski definition) is 1. The zero-order valence-electron chi connectivity index (χ0n) is 7.48. The molecule has 2 rings (SSSR count). The van der Waals surface area contributed by atoms with Gasteiger partial charge in [0, 0.05) is 17.6 Å². The smallest absolute Gasteiger partial charge is 0.0760 e. The molecule has 0 radical (unpaired) electrons. The Bertz CT molecular complexity index is 421. The van der Waals surface area contributed by atoms with Crippen molar-refractivity contribution in [3.63, 3.8) is 0 Å². The van der Waals surface area contributed by atoms with E-state index in [4.69, 9.17) is 5.73 Å². The monoisotopic (exact) mass is 271 g/mol. The van der Waals surface area contributed by atoms with Gasteiger partial charge in [0.15, 0.2) is 0 Å². The quantitative estimate of drug-likeness (QED) is 0.931. The van der Waals surface area contributed by atoms with E-state index >= 15 is 0 Å². The summed E-state index contributed by atoms with van der Waals surface area (Å²) in [6.45, 7) is 1.32. The maximum absolute atomic E-state index is 5.48. The van der Waals surface area contributed by atoms with Crippen LogP contribution < -0.4 is 5.73 Å². The number of rotatable bonds is 3. The van der Waals surface area contributed by atoms with Gasteiger partial charge >= 0.3 is 0 Å². The first-order valence-electron chi connectivity index (χ1n) is 4.24. The Balaban J connectivity index is 2.10. The summed E-state index contributed by atoms with van der Waals surface area (Å²) in [6, 6.07) is 6.09. The van der Waals surface area contributed by atoms with Crippen LogP contribution in [0.25, 0.3) is 0 Å². The molecule has 2 aromatic heterocycles. The standard InChI is InChI=1S/C9H10BrN3S/c10-9-2-1-8(14-9)6-13-4-3-7(5-11)12-13/h1-4H,5-6,11H2. The Labute approximate surface area is 94.7 Å². The molecule has 0 aliphatic rings. The molecule has 0 atom stereocenters. The molecule has 74 valence electrons. The summed E-state index contributed by atoms with van der Waals surface area (Å²) >= 11 is 5.16. The number of halogens is 1. The lowest BCUT2D eigenvalue weighted by atomic mass is 10.4. The molecular weight excluding hydrogens is 262 g/mol. The predicted octanol–water partition coefficient (Wildman–Crippen LogP) is 2.21. The zero-order chi connectivity index (χ0) is 9.97. The lowest BCUT2D eigenvalue weighted by Crippen LogP contribution is -2.02. The molecule has 0 bridgehead atoms. The number of hydrogen-bond acceptors (Lipinski definition) is 3. The summed E-state index contributed by atoms with van der Waals surface area (Å²) in [5.41, 5.74) is 6.41. The molecule has 3 nitrogen and oxygen atoms in total. The number of nitrogens with zero attached hydrogens (tertiary/aromatic N) is 2. The third kappa shape index (κ3) is 2.23.